The lowest BCUT2D eigenvalue weighted by Crippen LogP contribution is -2.45. The first-order valence-electron chi connectivity index (χ1n) is 6.48. The van der Waals surface area contributed by atoms with Crippen molar-refractivity contribution in [2.75, 3.05) is 6.61 Å². The van der Waals surface area contributed by atoms with E-state index in [1.807, 2.05) is 0 Å². The maximum absolute atomic E-state index is 12.0. The van der Waals surface area contributed by atoms with Crippen molar-refractivity contribution in [3.63, 3.8) is 0 Å². The molecule has 1 saturated carbocycles. The largest absolute Gasteiger partial charge is 0.465 e. The van der Waals surface area contributed by atoms with Gasteiger partial charge in [-0.25, -0.2) is 0 Å². The smallest absolute Gasteiger partial charge is 0.312 e. The van der Waals surface area contributed by atoms with Crippen molar-refractivity contribution < 1.29 is 9.53 Å². The quantitative estimate of drug-likeness (QED) is 0.463. The Labute approximate surface area is 97.1 Å². The van der Waals surface area contributed by atoms with Gasteiger partial charge in [-0.15, -0.1) is 0 Å². The Bertz CT molecular complexity index is 347. The summed E-state index contributed by atoms with van der Waals surface area (Å²) in [5.74, 6) is 2.31. The summed E-state index contributed by atoms with van der Waals surface area (Å²) in [4.78, 5) is 12.0. The van der Waals surface area contributed by atoms with Crippen molar-refractivity contribution in [3.8, 4) is 0 Å². The van der Waals surface area contributed by atoms with Gasteiger partial charge in [0, 0.05) is 5.92 Å². The molecule has 2 aliphatic carbocycles. The number of fused-ring (bicyclic) bond motifs is 3. The van der Waals surface area contributed by atoms with E-state index >= 15 is 0 Å². The zero-order valence-electron chi connectivity index (χ0n) is 10.1. The van der Waals surface area contributed by atoms with E-state index in [1.165, 1.54) is 19.3 Å². The molecular formula is C14H20O2. The third kappa shape index (κ3) is 1.22. The molecule has 0 bridgehead atoms. The van der Waals surface area contributed by atoms with Gasteiger partial charge in [0.1, 0.15) is 0 Å². The fourth-order valence-corrected chi connectivity index (χ4v) is 3.99. The van der Waals surface area contributed by atoms with E-state index in [-0.39, 0.29) is 11.4 Å². The van der Waals surface area contributed by atoms with Crippen molar-refractivity contribution in [1.82, 2.24) is 0 Å². The van der Waals surface area contributed by atoms with Crippen molar-refractivity contribution in [1.29, 1.82) is 0 Å². The van der Waals surface area contributed by atoms with Gasteiger partial charge in [-0.3, -0.25) is 4.79 Å². The van der Waals surface area contributed by atoms with Crippen LogP contribution in [0.25, 0.3) is 0 Å². The molecule has 0 spiro atoms. The SMILES string of the molecule is C[C@H]1CC[C@H]2[C@@H](C=C[C@@H]3COC(=O)[C@@]32C)C1. The topological polar surface area (TPSA) is 26.3 Å². The van der Waals surface area contributed by atoms with Crippen LogP contribution >= 0.6 is 0 Å². The van der Waals surface area contributed by atoms with Gasteiger partial charge < -0.3 is 4.74 Å². The van der Waals surface area contributed by atoms with Crippen LogP contribution in [0.5, 0.6) is 0 Å². The van der Waals surface area contributed by atoms with Crippen LogP contribution in [0.2, 0.25) is 0 Å². The number of rotatable bonds is 0. The maximum Gasteiger partial charge on any atom is 0.312 e. The van der Waals surface area contributed by atoms with E-state index < -0.39 is 0 Å². The molecule has 0 aromatic rings. The molecule has 5 atom stereocenters. The van der Waals surface area contributed by atoms with Crippen LogP contribution in [0.15, 0.2) is 12.2 Å². The number of carbonyl (C=O) groups excluding carboxylic acids is 1. The van der Waals surface area contributed by atoms with Crippen LogP contribution in [-0.2, 0) is 9.53 Å². The zero-order valence-corrected chi connectivity index (χ0v) is 10.1. The molecule has 1 saturated heterocycles. The standard InChI is InChI=1S/C14H20O2/c1-9-3-6-12-10(7-9)4-5-11-8-16-13(15)14(11,12)2/h4-5,9-12H,3,6-8H2,1-2H3/t9-,10-,11+,12-,14-/m0/s1. The van der Waals surface area contributed by atoms with Gasteiger partial charge in [-0.2, -0.15) is 0 Å². The molecule has 16 heavy (non-hydrogen) atoms. The van der Waals surface area contributed by atoms with Gasteiger partial charge in [-0.1, -0.05) is 25.5 Å². The lowest BCUT2D eigenvalue weighted by atomic mass is 9.56. The van der Waals surface area contributed by atoms with Crippen LogP contribution < -0.4 is 0 Å². The Morgan fingerprint density at radius 1 is 1.38 bits per heavy atom. The van der Waals surface area contributed by atoms with Crippen molar-refractivity contribution in [2.24, 2.45) is 29.1 Å². The molecule has 88 valence electrons. The van der Waals surface area contributed by atoms with Crippen LogP contribution in [0.4, 0.5) is 0 Å². The van der Waals surface area contributed by atoms with Crippen LogP contribution in [0.1, 0.15) is 33.1 Å². The molecule has 3 rings (SSSR count). The molecule has 1 aliphatic heterocycles. The summed E-state index contributed by atoms with van der Waals surface area (Å²) in [5, 5.41) is 0. The highest BCUT2D eigenvalue weighted by molar-refractivity contribution is 5.80. The minimum absolute atomic E-state index is 0.0476. The van der Waals surface area contributed by atoms with Gasteiger partial charge >= 0.3 is 5.97 Å². The van der Waals surface area contributed by atoms with Crippen LogP contribution in [0, 0.1) is 29.1 Å². The first kappa shape index (κ1) is 10.4. The molecule has 0 aromatic heterocycles. The third-order valence-corrected chi connectivity index (χ3v) is 5.13. The second kappa shape index (κ2) is 3.35. The van der Waals surface area contributed by atoms with E-state index in [9.17, 15) is 4.79 Å². The molecule has 3 aliphatic rings. The number of esters is 1. The zero-order chi connectivity index (χ0) is 11.3. The summed E-state index contributed by atoms with van der Waals surface area (Å²) < 4.78 is 5.29. The molecule has 1 heterocycles. The van der Waals surface area contributed by atoms with Gasteiger partial charge in [0.15, 0.2) is 0 Å². The Morgan fingerprint density at radius 3 is 3.00 bits per heavy atom. The van der Waals surface area contributed by atoms with Gasteiger partial charge in [-0.05, 0) is 37.5 Å². The minimum atomic E-state index is -0.223. The molecule has 2 fully saturated rings. The molecule has 0 unspecified atom stereocenters. The van der Waals surface area contributed by atoms with E-state index in [0.29, 0.717) is 24.4 Å². The van der Waals surface area contributed by atoms with Gasteiger partial charge in [0.25, 0.3) is 0 Å². The summed E-state index contributed by atoms with van der Waals surface area (Å²) in [5.41, 5.74) is -0.223. The first-order valence-corrected chi connectivity index (χ1v) is 6.48. The lowest BCUT2D eigenvalue weighted by Gasteiger charge is -2.45. The molecule has 0 amide bonds. The Hall–Kier alpha value is -0.790. The average Bonchev–Trinajstić information content (AvgIpc) is 2.55. The van der Waals surface area contributed by atoms with Crippen molar-refractivity contribution in [3.05, 3.63) is 12.2 Å². The predicted octanol–water partition coefficient (Wildman–Crippen LogP) is 2.79. The number of hydrogen-bond donors (Lipinski definition) is 0. The minimum Gasteiger partial charge on any atom is -0.465 e. The summed E-state index contributed by atoms with van der Waals surface area (Å²) >= 11 is 0. The monoisotopic (exact) mass is 220 g/mol. The highest BCUT2D eigenvalue weighted by Gasteiger charge is 2.56. The number of ether oxygens (including phenoxy) is 1. The predicted molar refractivity (Wildman–Crippen MR) is 61.7 cm³/mol. The highest BCUT2D eigenvalue weighted by atomic mass is 16.5. The molecule has 2 heteroatoms. The summed E-state index contributed by atoms with van der Waals surface area (Å²) in [7, 11) is 0. The van der Waals surface area contributed by atoms with Crippen molar-refractivity contribution >= 4 is 5.97 Å². The Morgan fingerprint density at radius 2 is 2.19 bits per heavy atom. The normalized spacial score (nSPS) is 50.8. The third-order valence-electron chi connectivity index (χ3n) is 5.13. The molecule has 2 nitrogen and oxygen atoms in total. The van der Waals surface area contributed by atoms with E-state index in [1.54, 1.807) is 0 Å². The van der Waals surface area contributed by atoms with E-state index in [0.717, 1.165) is 5.92 Å². The fraction of sp³-hybridized carbons (Fsp3) is 0.786. The summed E-state index contributed by atoms with van der Waals surface area (Å²) in [6.07, 6.45) is 8.30. The summed E-state index contributed by atoms with van der Waals surface area (Å²) in [6, 6.07) is 0. The lowest BCUT2D eigenvalue weighted by molar-refractivity contribution is -0.150. The maximum atomic E-state index is 12.0. The number of hydrogen-bond acceptors (Lipinski definition) is 2. The van der Waals surface area contributed by atoms with E-state index in [4.69, 9.17) is 4.74 Å². The fourth-order valence-electron chi connectivity index (χ4n) is 3.99. The Balaban J connectivity index is 1.96. The Kier molecular flexibility index (Phi) is 2.17. The molecule has 0 aromatic carbocycles. The van der Waals surface area contributed by atoms with Crippen molar-refractivity contribution in [2.45, 2.75) is 33.1 Å². The molecule has 0 N–H and O–H groups in total. The second-order valence-electron chi connectivity index (χ2n) is 6.06. The van der Waals surface area contributed by atoms with Crippen LogP contribution in [0.3, 0.4) is 0 Å². The first-order chi connectivity index (χ1) is 7.62. The average molecular weight is 220 g/mol. The number of carbonyl (C=O) groups is 1. The summed E-state index contributed by atoms with van der Waals surface area (Å²) in [6.45, 7) is 5.06. The number of cyclic esters (lactones) is 1. The van der Waals surface area contributed by atoms with Gasteiger partial charge in [0.05, 0.1) is 12.0 Å². The highest BCUT2D eigenvalue weighted by Crippen LogP contribution is 2.54. The molecule has 0 radical (unpaired) electrons. The van der Waals surface area contributed by atoms with E-state index in [2.05, 4.69) is 26.0 Å². The van der Waals surface area contributed by atoms with Gasteiger partial charge in [0.2, 0.25) is 0 Å². The van der Waals surface area contributed by atoms with Crippen LogP contribution in [-0.4, -0.2) is 12.6 Å². The molecular weight excluding hydrogens is 200 g/mol. The second-order valence-corrected chi connectivity index (χ2v) is 6.06. The number of allylic oxidation sites excluding steroid dienone is 1.